The van der Waals surface area contributed by atoms with Crippen molar-refractivity contribution < 1.29 is 14.3 Å². The number of rotatable bonds is 10. The highest BCUT2D eigenvalue weighted by Crippen LogP contribution is 2.25. The van der Waals surface area contributed by atoms with Crippen LogP contribution >= 0.6 is 0 Å². The Hall–Kier alpha value is -2.33. The topological polar surface area (TPSA) is 38.8 Å². The van der Waals surface area contributed by atoms with Crippen molar-refractivity contribution >= 4 is 5.97 Å². The Morgan fingerprint density at radius 2 is 1.83 bits per heavy atom. The molecule has 0 bridgehead atoms. The van der Waals surface area contributed by atoms with Crippen molar-refractivity contribution in [2.45, 2.75) is 64.7 Å². The summed E-state index contributed by atoms with van der Waals surface area (Å²) >= 11 is 0. The van der Waals surface area contributed by atoms with Gasteiger partial charge in [0.05, 0.1) is 0 Å². The van der Waals surface area contributed by atoms with Gasteiger partial charge in [-0.2, -0.15) is 0 Å². The Balaban J connectivity index is 1.47. The molecule has 1 saturated heterocycles. The van der Waals surface area contributed by atoms with E-state index in [0.717, 1.165) is 37.2 Å². The number of carbonyl (C=O) groups is 1. The van der Waals surface area contributed by atoms with Gasteiger partial charge in [-0.15, -0.1) is 0 Å². The highest BCUT2D eigenvalue weighted by molar-refractivity contribution is 5.69. The summed E-state index contributed by atoms with van der Waals surface area (Å²) in [4.78, 5) is 14.6. The molecule has 0 aromatic heterocycles. The third kappa shape index (κ3) is 6.60. The first-order valence-corrected chi connectivity index (χ1v) is 10.9. The summed E-state index contributed by atoms with van der Waals surface area (Å²) in [7, 11) is 0. The highest BCUT2D eigenvalue weighted by atomic mass is 16.6. The number of nitrogens with zero attached hydrogens (tertiary/aromatic N) is 1. The van der Waals surface area contributed by atoms with E-state index in [4.69, 9.17) is 9.47 Å². The molecular weight excluding hydrogens is 362 g/mol. The predicted molar refractivity (Wildman–Crippen MR) is 116 cm³/mol. The largest absolute Gasteiger partial charge is 0.489 e. The highest BCUT2D eigenvalue weighted by Gasteiger charge is 2.23. The zero-order valence-corrected chi connectivity index (χ0v) is 17.7. The minimum atomic E-state index is -0.0907. The summed E-state index contributed by atoms with van der Waals surface area (Å²) in [6.07, 6.45) is 4.41. The summed E-state index contributed by atoms with van der Waals surface area (Å²) in [6.45, 7) is 6.87. The predicted octanol–water partition coefficient (Wildman–Crippen LogP) is 5.52. The van der Waals surface area contributed by atoms with Gasteiger partial charge in [0.1, 0.15) is 12.4 Å². The van der Waals surface area contributed by atoms with E-state index in [-0.39, 0.29) is 18.1 Å². The van der Waals surface area contributed by atoms with Gasteiger partial charge in [0.15, 0.2) is 6.23 Å². The van der Waals surface area contributed by atoms with Gasteiger partial charge in [-0.25, -0.2) is 0 Å². The molecule has 4 nitrogen and oxygen atoms in total. The Bertz CT molecular complexity index is 756. The minimum Gasteiger partial charge on any atom is -0.489 e. The Morgan fingerprint density at radius 1 is 1.07 bits per heavy atom. The maximum Gasteiger partial charge on any atom is 0.307 e. The fourth-order valence-corrected chi connectivity index (χ4v) is 3.81. The molecule has 0 aliphatic carbocycles. The molecule has 156 valence electrons. The standard InChI is InChI=1S/C25H33NO3/c1-3-24(26-16-7-8-17-26)29-25(27)15-14-20(2)22-12-9-13-23(18-22)28-19-21-10-5-4-6-11-21/h4-6,9-13,18,20,24H,3,7-8,14-17,19H2,1-2H3. The molecule has 1 heterocycles. The van der Waals surface area contributed by atoms with Gasteiger partial charge in [-0.05, 0) is 54.9 Å². The van der Waals surface area contributed by atoms with Crippen LogP contribution in [0, 0.1) is 0 Å². The molecule has 4 heteroatoms. The van der Waals surface area contributed by atoms with Crippen molar-refractivity contribution in [3.8, 4) is 5.75 Å². The molecular formula is C25H33NO3. The number of esters is 1. The van der Waals surface area contributed by atoms with Crippen LogP contribution in [0.1, 0.15) is 63.0 Å². The normalized spacial score (nSPS) is 16.3. The summed E-state index contributed by atoms with van der Waals surface area (Å²) in [5.41, 5.74) is 2.34. The van der Waals surface area contributed by atoms with Crippen LogP contribution in [0.4, 0.5) is 0 Å². The summed E-state index contributed by atoms with van der Waals surface area (Å²) in [6, 6.07) is 18.3. The average molecular weight is 396 g/mol. The molecule has 2 aromatic carbocycles. The lowest BCUT2D eigenvalue weighted by atomic mass is 9.96. The number of likely N-dealkylation sites (tertiary alicyclic amines) is 1. The second-order valence-corrected chi connectivity index (χ2v) is 7.88. The molecule has 0 amide bonds. The molecule has 2 aromatic rings. The van der Waals surface area contributed by atoms with Crippen LogP contribution in [0.15, 0.2) is 54.6 Å². The average Bonchev–Trinajstić information content (AvgIpc) is 3.30. The number of hydrogen-bond donors (Lipinski definition) is 0. The second kappa shape index (κ2) is 11.0. The van der Waals surface area contributed by atoms with Crippen molar-refractivity contribution in [2.24, 2.45) is 0 Å². The van der Waals surface area contributed by atoms with E-state index in [1.165, 1.54) is 18.4 Å². The first kappa shape index (κ1) is 21.4. The number of hydrogen-bond acceptors (Lipinski definition) is 4. The van der Waals surface area contributed by atoms with Crippen molar-refractivity contribution in [3.05, 3.63) is 65.7 Å². The van der Waals surface area contributed by atoms with E-state index >= 15 is 0 Å². The van der Waals surface area contributed by atoms with E-state index in [2.05, 4.69) is 43.0 Å². The van der Waals surface area contributed by atoms with Crippen molar-refractivity contribution in [2.75, 3.05) is 13.1 Å². The molecule has 0 radical (unpaired) electrons. The number of ether oxygens (including phenoxy) is 2. The maximum atomic E-state index is 12.4. The quantitative estimate of drug-likeness (QED) is 0.496. The summed E-state index contributed by atoms with van der Waals surface area (Å²) < 4.78 is 11.7. The van der Waals surface area contributed by atoms with Crippen molar-refractivity contribution in [3.63, 3.8) is 0 Å². The lowest BCUT2D eigenvalue weighted by molar-refractivity contribution is -0.158. The van der Waals surface area contributed by atoms with E-state index < -0.39 is 0 Å². The zero-order valence-electron chi connectivity index (χ0n) is 17.7. The summed E-state index contributed by atoms with van der Waals surface area (Å²) in [5, 5.41) is 0. The van der Waals surface area contributed by atoms with Gasteiger partial charge in [-0.1, -0.05) is 56.3 Å². The van der Waals surface area contributed by atoms with Crippen LogP contribution in [0.3, 0.4) is 0 Å². The van der Waals surface area contributed by atoms with E-state index in [1.54, 1.807) is 0 Å². The van der Waals surface area contributed by atoms with Gasteiger partial charge in [0.25, 0.3) is 0 Å². The lowest BCUT2D eigenvalue weighted by Gasteiger charge is -2.26. The van der Waals surface area contributed by atoms with Gasteiger partial charge in [0, 0.05) is 19.5 Å². The third-order valence-corrected chi connectivity index (χ3v) is 5.62. The number of carbonyl (C=O) groups excluding carboxylic acids is 1. The number of benzene rings is 2. The molecule has 1 aliphatic heterocycles. The summed E-state index contributed by atoms with van der Waals surface area (Å²) in [5.74, 6) is 1.04. The van der Waals surface area contributed by atoms with Gasteiger partial charge in [-0.3, -0.25) is 9.69 Å². The molecule has 0 N–H and O–H groups in total. The Labute approximate surface area is 174 Å². The smallest absolute Gasteiger partial charge is 0.307 e. The SMILES string of the molecule is CCC(OC(=O)CCC(C)c1cccc(OCc2ccccc2)c1)N1CCCC1. The zero-order chi connectivity index (χ0) is 20.5. The third-order valence-electron chi connectivity index (χ3n) is 5.62. The fraction of sp³-hybridized carbons (Fsp3) is 0.480. The molecule has 0 spiro atoms. The van der Waals surface area contributed by atoms with Crippen LogP contribution in [-0.2, 0) is 16.1 Å². The fourth-order valence-electron chi connectivity index (χ4n) is 3.81. The Kier molecular flexibility index (Phi) is 8.12. The van der Waals surface area contributed by atoms with Gasteiger partial charge < -0.3 is 9.47 Å². The van der Waals surface area contributed by atoms with Gasteiger partial charge in [0.2, 0.25) is 0 Å². The van der Waals surface area contributed by atoms with Crippen molar-refractivity contribution in [1.29, 1.82) is 0 Å². The second-order valence-electron chi connectivity index (χ2n) is 7.88. The maximum absolute atomic E-state index is 12.4. The lowest BCUT2D eigenvalue weighted by Crippen LogP contribution is -2.36. The van der Waals surface area contributed by atoms with Crippen LogP contribution in [0.5, 0.6) is 5.75 Å². The molecule has 2 atom stereocenters. The monoisotopic (exact) mass is 395 g/mol. The first-order chi connectivity index (χ1) is 14.2. The Morgan fingerprint density at radius 3 is 2.55 bits per heavy atom. The van der Waals surface area contributed by atoms with Crippen LogP contribution in [0.2, 0.25) is 0 Å². The van der Waals surface area contributed by atoms with Gasteiger partial charge >= 0.3 is 5.97 Å². The first-order valence-electron chi connectivity index (χ1n) is 10.9. The van der Waals surface area contributed by atoms with E-state index in [0.29, 0.717) is 13.0 Å². The molecule has 3 rings (SSSR count). The van der Waals surface area contributed by atoms with Crippen LogP contribution in [-0.4, -0.2) is 30.2 Å². The molecule has 1 fully saturated rings. The van der Waals surface area contributed by atoms with Crippen molar-refractivity contribution in [1.82, 2.24) is 4.90 Å². The van der Waals surface area contributed by atoms with E-state index in [9.17, 15) is 4.79 Å². The van der Waals surface area contributed by atoms with Crippen LogP contribution < -0.4 is 4.74 Å². The molecule has 29 heavy (non-hydrogen) atoms. The molecule has 1 aliphatic rings. The minimum absolute atomic E-state index is 0.0602. The molecule has 0 saturated carbocycles. The van der Waals surface area contributed by atoms with E-state index in [1.807, 2.05) is 30.3 Å². The van der Waals surface area contributed by atoms with Crippen LogP contribution in [0.25, 0.3) is 0 Å². The molecule has 2 unspecified atom stereocenters.